The fraction of sp³-hybridized carbons (Fsp3) is 0.393. The summed E-state index contributed by atoms with van der Waals surface area (Å²) in [7, 11) is 0. The van der Waals surface area contributed by atoms with Gasteiger partial charge in [-0.2, -0.15) is 0 Å². The molecule has 0 aliphatic heterocycles. The van der Waals surface area contributed by atoms with Crippen LogP contribution in [-0.2, 0) is 24.2 Å². The molecular weight excluding hydrogens is 461 g/mol. The van der Waals surface area contributed by atoms with Gasteiger partial charge in [-0.25, -0.2) is 9.37 Å². The number of aryl methyl sites for hydroxylation is 1. The molecule has 3 aromatic rings. The number of anilines is 2. The molecule has 35 heavy (non-hydrogen) atoms. The van der Waals surface area contributed by atoms with E-state index in [1.165, 1.54) is 56.4 Å². The van der Waals surface area contributed by atoms with E-state index >= 15 is 0 Å². The minimum absolute atomic E-state index is 0.0364. The lowest BCUT2D eigenvalue weighted by atomic mass is 9.85. The molecule has 2 N–H and O–H groups in total. The molecule has 0 unspecified atom stereocenters. The molecule has 1 saturated carbocycles. The maximum absolute atomic E-state index is 13.9. The second-order valence-electron chi connectivity index (χ2n) is 9.37. The summed E-state index contributed by atoms with van der Waals surface area (Å²) in [5, 5.41) is 8.50. The zero-order chi connectivity index (χ0) is 24.6. The normalized spacial score (nSPS) is 14.0. The summed E-state index contributed by atoms with van der Waals surface area (Å²) in [6.45, 7) is 2.10. The molecule has 5 nitrogen and oxygen atoms in total. The number of nitrogens with zero attached hydrogens (tertiary/aromatic N) is 1. The molecule has 0 saturated heterocycles. The van der Waals surface area contributed by atoms with Crippen LogP contribution in [0.2, 0.25) is 0 Å². The molecule has 184 valence electrons. The van der Waals surface area contributed by atoms with Gasteiger partial charge in [-0.3, -0.25) is 14.9 Å². The molecule has 0 atom stereocenters. The topological polar surface area (TPSA) is 71.1 Å². The molecule has 0 spiro atoms. The van der Waals surface area contributed by atoms with E-state index in [0.717, 1.165) is 35.6 Å². The quantitative estimate of drug-likeness (QED) is 0.326. The number of carbonyl (C=O) groups is 2. The van der Waals surface area contributed by atoms with Crippen LogP contribution in [0.15, 0.2) is 47.8 Å². The van der Waals surface area contributed by atoms with Crippen LogP contribution in [0, 0.1) is 11.7 Å². The Morgan fingerprint density at radius 1 is 1.09 bits per heavy atom. The van der Waals surface area contributed by atoms with E-state index in [9.17, 15) is 14.0 Å². The van der Waals surface area contributed by atoms with Gasteiger partial charge in [-0.05, 0) is 67.1 Å². The first-order valence-corrected chi connectivity index (χ1v) is 13.2. The van der Waals surface area contributed by atoms with Crippen LogP contribution in [0.5, 0.6) is 0 Å². The van der Waals surface area contributed by atoms with Crippen LogP contribution >= 0.6 is 11.3 Å². The van der Waals surface area contributed by atoms with E-state index in [4.69, 9.17) is 0 Å². The highest BCUT2D eigenvalue weighted by atomic mass is 32.1. The van der Waals surface area contributed by atoms with Crippen LogP contribution in [0.3, 0.4) is 0 Å². The summed E-state index contributed by atoms with van der Waals surface area (Å²) >= 11 is 1.31. The third kappa shape index (κ3) is 7.46. The monoisotopic (exact) mass is 493 g/mol. The third-order valence-corrected chi connectivity index (χ3v) is 7.32. The SMILES string of the molecule is CC(=O)Cc1csc(NC(=O)c2ccc(CNc3ccc(F)cc3CCC3CCCCC3)cc2)n1. The van der Waals surface area contributed by atoms with Crippen molar-refractivity contribution in [1.29, 1.82) is 0 Å². The highest BCUT2D eigenvalue weighted by Crippen LogP contribution is 2.29. The first-order chi connectivity index (χ1) is 17.0. The first kappa shape index (κ1) is 25.0. The average Bonchev–Trinajstić information content (AvgIpc) is 3.29. The minimum Gasteiger partial charge on any atom is -0.381 e. The van der Waals surface area contributed by atoms with Crippen LogP contribution < -0.4 is 10.6 Å². The van der Waals surface area contributed by atoms with E-state index in [0.29, 0.717) is 22.9 Å². The van der Waals surface area contributed by atoms with Gasteiger partial charge in [0.25, 0.3) is 5.91 Å². The number of carbonyl (C=O) groups excluding carboxylic acids is 2. The number of nitrogens with one attached hydrogen (secondary N) is 2. The molecule has 1 fully saturated rings. The van der Waals surface area contributed by atoms with E-state index < -0.39 is 0 Å². The van der Waals surface area contributed by atoms with Gasteiger partial charge in [0.15, 0.2) is 5.13 Å². The molecule has 4 rings (SSSR count). The molecule has 1 aliphatic rings. The highest BCUT2D eigenvalue weighted by Gasteiger charge is 2.15. The van der Waals surface area contributed by atoms with Gasteiger partial charge in [-0.1, -0.05) is 44.2 Å². The fourth-order valence-electron chi connectivity index (χ4n) is 4.62. The Kier molecular flexibility index (Phi) is 8.64. The van der Waals surface area contributed by atoms with Crippen LogP contribution in [0.25, 0.3) is 0 Å². The lowest BCUT2D eigenvalue weighted by Crippen LogP contribution is -2.12. The smallest absolute Gasteiger partial charge is 0.257 e. The summed E-state index contributed by atoms with van der Waals surface area (Å²) in [5.74, 6) is 0.355. The molecule has 0 radical (unpaired) electrons. The van der Waals surface area contributed by atoms with E-state index in [1.807, 2.05) is 18.2 Å². The highest BCUT2D eigenvalue weighted by molar-refractivity contribution is 7.14. The van der Waals surface area contributed by atoms with Crippen molar-refractivity contribution in [3.05, 3.63) is 76.0 Å². The molecule has 1 aliphatic carbocycles. The Labute approximate surface area is 210 Å². The predicted octanol–water partition coefficient (Wildman–Crippen LogP) is 6.79. The van der Waals surface area contributed by atoms with Crippen molar-refractivity contribution < 1.29 is 14.0 Å². The van der Waals surface area contributed by atoms with Gasteiger partial charge in [0.2, 0.25) is 0 Å². The molecule has 0 bridgehead atoms. The lowest BCUT2D eigenvalue weighted by Gasteiger charge is -2.22. The second-order valence-corrected chi connectivity index (χ2v) is 10.2. The maximum atomic E-state index is 13.9. The van der Waals surface area contributed by atoms with Gasteiger partial charge >= 0.3 is 0 Å². The molecular formula is C28H32FN3O2S. The van der Waals surface area contributed by atoms with Gasteiger partial charge in [0.05, 0.1) is 5.69 Å². The number of Topliss-reactive ketones (excluding diaryl/α,β-unsaturated/α-hetero) is 1. The Hall–Kier alpha value is -3.06. The maximum Gasteiger partial charge on any atom is 0.257 e. The standard InChI is InChI=1S/C28H32FN3O2S/c1-19(33)15-25-18-35-28(31-25)32-27(34)22-10-8-21(9-11-22)17-30-26-14-13-24(29)16-23(26)12-7-20-5-3-2-4-6-20/h8-11,13-14,16,18,20,30H,2-7,12,15,17H2,1H3,(H,31,32,34). The number of benzene rings is 2. The van der Waals surface area contributed by atoms with Gasteiger partial charge < -0.3 is 5.32 Å². The number of amides is 1. The fourth-order valence-corrected chi connectivity index (χ4v) is 5.32. The number of hydrogen-bond donors (Lipinski definition) is 2. The summed E-state index contributed by atoms with van der Waals surface area (Å²) < 4.78 is 13.9. The van der Waals surface area contributed by atoms with Crippen LogP contribution in [-0.4, -0.2) is 16.7 Å². The van der Waals surface area contributed by atoms with Crippen molar-refractivity contribution in [2.24, 2.45) is 5.92 Å². The first-order valence-electron chi connectivity index (χ1n) is 12.3. The van der Waals surface area contributed by atoms with Gasteiger partial charge in [0, 0.05) is 29.6 Å². The van der Waals surface area contributed by atoms with Crippen molar-refractivity contribution in [1.82, 2.24) is 4.98 Å². The van der Waals surface area contributed by atoms with Gasteiger partial charge in [-0.15, -0.1) is 11.3 Å². The van der Waals surface area contributed by atoms with E-state index in [2.05, 4.69) is 15.6 Å². The number of aromatic nitrogens is 1. The predicted molar refractivity (Wildman–Crippen MR) is 140 cm³/mol. The summed E-state index contributed by atoms with van der Waals surface area (Å²) in [6.07, 6.45) is 8.82. The average molecular weight is 494 g/mol. The van der Waals surface area contributed by atoms with Gasteiger partial charge in [0.1, 0.15) is 11.6 Å². The number of rotatable bonds is 10. The zero-order valence-electron chi connectivity index (χ0n) is 20.1. The number of halogens is 1. The van der Waals surface area contributed by atoms with Crippen molar-refractivity contribution >= 4 is 33.8 Å². The number of thiazole rings is 1. The number of hydrogen-bond acceptors (Lipinski definition) is 5. The Morgan fingerprint density at radius 2 is 1.86 bits per heavy atom. The zero-order valence-corrected chi connectivity index (χ0v) is 20.9. The van der Waals surface area contributed by atoms with Crippen LogP contribution in [0.4, 0.5) is 15.2 Å². The van der Waals surface area contributed by atoms with Crippen molar-refractivity contribution in [3.63, 3.8) is 0 Å². The summed E-state index contributed by atoms with van der Waals surface area (Å²) in [6, 6.07) is 12.4. The van der Waals surface area contributed by atoms with E-state index in [-0.39, 0.29) is 23.9 Å². The third-order valence-electron chi connectivity index (χ3n) is 6.52. The Morgan fingerprint density at radius 3 is 2.60 bits per heavy atom. The Balaban J connectivity index is 1.32. The summed E-state index contributed by atoms with van der Waals surface area (Å²) in [5.41, 5.74) is 4.22. The number of ketones is 1. The Bertz CT molecular complexity index is 1150. The van der Waals surface area contributed by atoms with E-state index in [1.54, 1.807) is 23.6 Å². The minimum atomic E-state index is -0.239. The van der Waals surface area contributed by atoms with Crippen LogP contribution in [0.1, 0.15) is 72.6 Å². The largest absolute Gasteiger partial charge is 0.381 e. The molecule has 7 heteroatoms. The van der Waals surface area contributed by atoms with Crippen molar-refractivity contribution in [3.8, 4) is 0 Å². The second kappa shape index (κ2) is 12.1. The summed E-state index contributed by atoms with van der Waals surface area (Å²) in [4.78, 5) is 28.1. The molecule has 1 aromatic heterocycles. The molecule has 1 heterocycles. The van der Waals surface area contributed by atoms with Crippen molar-refractivity contribution in [2.45, 2.75) is 64.8 Å². The van der Waals surface area contributed by atoms with Crippen molar-refractivity contribution in [2.75, 3.05) is 10.6 Å². The lowest BCUT2D eigenvalue weighted by molar-refractivity contribution is -0.116. The molecule has 2 aromatic carbocycles. The molecule has 1 amide bonds.